The van der Waals surface area contributed by atoms with Crippen molar-refractivity contribution in [2.24, 2.45) is 0 Å². The molecular formula is C8H13N3. The number of nitrogens with zero attached hydrogens (tertiary/aromatic N) is 1. The predicted octanol–water partition coefficient (Wildman–Crippen LogP) is 0.843. The molecule has 0 spiro atoms. The van der Waals surface area contributed by atoms with Crippen LogP contribution in [0.15, 0.2) is 18.3 Å². The van der Waals surface area contributed by atoms with Gasteiger partial charge in [-0.05, 0) is 19.2 Å². The lowest BCUT2D eigenvalue weighted by molar-refractivity contribution is 0.791. The summed E-state index contributed by atoms with van der Waals surface area (Å²) in [6, 6.07) is 3.97. The second-order valence-corrected chi connectivity index (χ2v) is 2.32. The second kappa shape index (κ2) is 3.93. The molecule has 3 nitrogen and oxygen atoms in total. The Morgan fingerprint density at radius 3 is 2.91 bits per heavy atom. The lowest BCUT2D eigenvalue weighted by Gasteiger charge is -2.02. The molecule has 0 aliphatic rings. The summed E-state index contributed by atoms with van der Waals surface area (Å²) in [5, 5.41) is 6.10. The zero-order chi connectivity index (χ0) is 8.10. The fraction of sp³-hybridized carbons (Fsp3) is 0.375. The highest BCUT2D eigenvalue weighted by atomic mass is 14.9. The van der Waals surface area contributed by atoms with Crippen LogP contribution in [0.5, 0.6) is 0 Å². The second-order valence-electron chi connectivity index (χ2n) is 2.32. The van der Waals surface area contributed by atoms with Crippen LogP contribution in [0.2, 0.25) is 0 Å². The Bertz CT molecular complexity index is 222. The monoisotopic (exact) mass is 151 g/mol. The van der Waals surface area contributed by atoms with Gasteiger partial charge in [-0.25, -0.2) is 0 Å². The molecule has 1 aromatic rings. The van der Waals surface area contributed by atoms with Gasteiger partial charge in [0.15, 0.2) is 0 Å². The van der Waals surface area contributed by atoms with Crippen LogP contribution >= 0.6 is 0 Å². The summed E-state index contributed by atoms with van der Waals surface area (Å²) in [6.45, 7) is 0.815. The van der Waals surface area contributed by atoms with E-state index in [0.29, 0.717) is 0 Å². The van der Waals surface area contributed by atoms with Crippen LogP contribution in [-0.2, 0) is 6.54 Å². The summed E-state index contributed by atoms with van der Waals surface area (Å²) in [4.78, 5) is 4.17. The van der Waals surface area contributed by atoms with Crippen molar-refractivity contribution in [3.8, 4) is 0 Å². The van der Waals surface area contributed by atoms with Gasteiger partial charge >= 0.3 is 0 Å². The van der Waals surface area contributed by atoms with E-state index in [1.165, 1.54) is 0 Å². The summed E-state index contributed by atoms with van der Waals surface area (Å²) in [7, 11) is 3.81. The lowest BCUT2D eigenvalue weighted by Crippen LogP contribution is -2.06. The van der Waals surface area contributed by atoms with Gasteiger partial charge in [0.1, 0.15) is 0 Å². The molecule has 0 saturated heterocycles. The first-order valence-electron chi connectivity index (χ1n) is 3.64. The van der Waals surface area contributed by atoms with E-state index in [4.69, 9.17) is 0 Å². The van der Waals surface area contributed by atoms with Crippen molar-refractivity contribution in [2.45, 2.75) is 6.54 Å². The summed E-state index contributed by atoms with van der Waals surface area (Å²) in [5.74, 6) is 0. The Morgan fingerprint density at radius 1 is 1.45 bits per heavy atom. The maximum absolute atomic E-state index is 4.17. The molecule has 1 heterocycles. The number of hydrogen-bond donors (Lipinski definition) is 2. The standard InChI is InChI=1S/C8H13N3/c1-9-6-8-5-7(10-2)3-4-11-8/h3-5,9H,6H2,1-2H3,(H,10,11). The van der Waals surface area contributed by atoms with E-state index in [0.717, 1.165) is 17.9 Å². The number of anilines is 1. The molecule has 1 aromatic heterocycles. The summed E-state index contributed by atoms with van der Waals surface area (Å²) in [5.41, 5.74) is 2.16. The molecular weight excluding hydrogens is 138 g/mol. The fourth-order valence-electron chi connectivity index (χ4n) is 0.911. The van der Waals surface area contributed by atoms with E-state index in [1.54, 1.807) is 6.20 Å². The van der Waals surface area contributed by atoms with Crippen LogP contribution in [0, 0.1) is 0 Å². The van der Waals surface area contributed by atoms with Gasteiger partial charge in [0.05, 0.1) is 5.69 Å². The van der Waals surface area contributed by atoms with Crippen LogP contribution < -0.4 is 10.6 Å². The lowest BCUT2D eigenvalue weighted by atomic mass is 10.3. The van der Waals surface area contributed by atoms with Crippen molar-refractivity contribution in [3.05, 3.63) is 24.0 Å². The third kappa shape index (κ3) is 2.20. The maximum Gasteiger partial charge on any atom is 0.0562 e. The third-order valence-corrected chi connectivity index (χ3v) is 1.46. The minimum atomic E-state index is 0.815. The van der Waals surface area contributed by atoms with Crippen molar-refractivity contribution < 1.29 is 0 Å². The highest BCUT2D eigenvalue weighted by molar-refractivity contribution is 5.42. The van der Waals surface area contributed by atoms with Gasteiger partial charge in [0.25, 0.3) is 0 Å². The van der Waals surface area contributed by atoms with Crippen LogP contribution in [-0.4, -0.2) is 19.1 Å². The average molecular weight is 151 g/mol. The highest BCUT2D eigenvalue weighted by Gasteiger charge is 1.92. The van der Waals surface area contributed by atoms with Crippen LogP contribution in [0.3, 0.4) is 0 Å². The first-order chi connectivity index (χ1) is 5.36. The topological polar surface area (TPSA) is 37.0 Å². The molecule has 0 fully saturated rings. The maximum atomic E-state index is 4.17. The normalized spacial score (nSPS) is 9.64. The van der Waals surface area contributed by atoms with Gasteiger partial charge in [-0.1, -0.05) is 0 Å². The van der Waals surface area contributed by atoms with E-state index < -0.39 is 0 Å². The SMILES string of the molecule is CNCc1cc(NC)ccn1. The number of nitrogens with one attached hydrogen (secondary N) is 2. The molecule has 0 amide bonds. The van der Waals surface area contributed by atoms with Crippen molar-refractivity contribution in [3.63, 3.8) is 0 Å². The van der Waals surface area contributed by atoms with Crippen molar-refractivity contribution in [2.75, 3.05) is 19.4 Å². The Balaban J connectivity index is 2.74. The molecule has 0 aliphatic heterocycles. The molecule has 11 heavy (non-hydrogen) atoms. The van der Waals surface area contributed by atoms with E-state index >= 15 is 0 Å². The van der Waals surface area contributed by atoms with Crippen LogP contribution in [0.4, 0.5) is 5.69 Å². The van der Waals surface area contributed by atoms with E-state index in [9.17, 15) is 0 Å². The third-order valence-electron chi connectivity index (χ3n) is 1.46. The van der Waals surface area contributed by atoms with Gasteiger partial charge in [0, 0.05) is 25.5 Å². The molecule has 0 atom stereocenters. The quantitative estimate of drug-likeness (QED) is 0.672. The molecule has 0 aromatic carbocycles. The van der Waals surface area contributed by atoms with E-state index in [-0.39, 0.29) is 0 Å². The highest BCUT2D eigenvalue weighted by Crippen LogP contribution is 2.05. The van der Waals surface area contributed by atoms with E-state index in [1.807, 2.05) is 26.2 Å². The van der Waals surface area contributed by atoms with Crippen LogP contribution in [0.1, 0.15) is 5.69 Å². The zero-order valence-electron chi connectivity index (χ0n) is 6.89. The predicted molar refractivity (Wildman–Crippen MR) is 46.5 cm³/mol. The fourth-order valence-corrected chi connectivity index (χ4v) is 0.911. The van der Waals surface area contributed by atoms with Crippen molar-refractivity contribution in [1.82, 2.24) is 10.3 Å². The zero-order valence-corrected chi connectivity index (χ0v) is 6.89. The van der Waals surface area contributed by atoms with Gasteiger partial charge in [-0.3, -0.25) is 4.98 Å². The summed E-state index contributed by atoms with van der Waals surface area (Å²) < 4.78 is 0. The summed E-state index contributed by atoms with van der Waals surface area (Å²) >= 11 is 0. The number of rotatable bonds is 3. The first-order valence-corrected chi connectivity index (χ1v) is 3.64. The molecule has 0 bridgehead atoms. The molecule has 1 rings (SSSR count). The first kappa shape index (κ1) is 8.01. The van der Waals surface area contributed by atoms with Crippen molar-refractivity contribution in [1.29, 1.82) is 0 Å². The smallest absolute Gasteiger partial charge is 0.0562 e. The Morgan fingerprint density at radius 2 is 2.27 bits per heavy atom. The van der Waals surface area contributed by atoms with Gasteiger partial charge in [-0.15, -0.1) is 0 Å². The molecule has 0 saturated carbocycles. The molecule has 3 heteroatoms. The molecule has 0 unspecified atom stereocenters. The minimum Gasteiger partial charge on any atom is -0.388 e. The van der Waals surface area contributed by atoms with Gasteiger partial charge < -0.3 is 10.6 Å². The molecule has 0 radical (unpaired) electrons. The number of pyridine rings is 1. The molecule has 60 valence electrons. The number of aromatic nitrogens is 1. The van der Waals surface area contributed by atoms with E-state index in [2.05, 4.69) is 15.6 Å². The van der Waals surface area contributed by atoms with Crippen LogP contribution in [0.25, 0.3) is 0 Å². The minimum absolute atomic E-state index is 0.815. The Labute approximate surface area is 66.8 Å². The Hall–Kier alpha value is -1.09. The van der Waals surface area contributed by atoms with Gasteiger partial charge in [0.2, 0.25) is 0 Å². The van der Waals surface area contributed by atoms with Crippen molar-refractivity contribution >= 4 is 5.69 Å². The summed E-state index contributed by atoms with van der Waals surface area (Å²) in [6.07, 6.45) is 1.80. The average Bonchev–Trinajstić information content (AvgIpc) is 2.06. The van der Waals surface area contributed by atoms with Gasteiger partial charge in [-0.2, -0.15) is 0 Å². The molecule has 0 aliphatic carbocycles. The Kier molecular flexibility index (Phi) is 2.86. The largest absolute Gasteiger partial charge is 0.388 e. The molecule has 2 N–H and O–H groups in total. The number of hydrogen-bond acceptors (Lipinski definition) is 3.